The lowest BCUT2D eigenvalue weighted by Gasteiger charge is -2.18. The van der Waals surface area contributed by atoms with Gasteiger partial charge in [0.15, 0.2) is 12.3 Å². The number of esters is 1. The molecule has 0 aliphatic heterocycles. The number of aryl methyl sites for hydroxylation is 3. The van der Waals surface area contributed by atoms with Crippen molar-refractivity contribution < 1.29 is 19.1 Å². The number of anilines is 1. The molecule has 0 atom stereocenters. The average molecular weight is 409 g/mol. The molecule has 0 aliphatic rings. The van der Waals surface area contributed by atoms with E-state index in [2.05, 4.69) is 15.4 Å². The molecule has 30 heavy (non-hydrogen) atoms. The van der Waals surface area contributed by atoms with Crippen LogP contribution in [0.3, 0.4) is 0 Å². The van der Waals surface area contributed by atoms with Crippen LogP contribution in [0.4, 0.5) is 5.69 Å². The van der Waals surface area contributed by atoms with E-state index in [0.717, 1.165) is 16.8 Å². The molecule has 0 saturated heterocycles. The van der Waals surface area contributed by atoms with Crippen molar-refractivity contribution in [3.63, 3.8) is 0 Å². The van der Waals surface area contributed by atoms with Crippen LogP contribution in [0.5, 0.6) is 0 Å². The van der Waals surface area contributed by atoms with E-state index in [1.807, 2.05) is 32.0 Å². The molecule has 0 saturated carbocycles. The van der Waals surface area contributed by atoms with E-state index in [4.69, 9.17) is 4.74 Å². The zero-order chi connectivity index (χ0) is 21.8. The van der Waals surface area contributed by atoms with Crippen molar-refractivity contribution in [3.05, 3.63) is 59.0 Å². The van der Waals surface area contributed by atoms with Crippen LogP contribution < -0.4 is 5.32 Å². The molecule has 0 bridgehead atoms. The summed E-state index contributed by atoms with van der Waals surface area (Å²) in [7, 11) is 1.47. The second kappa shape index (κ2) is 8.73. The van der Waals surface area contributed by atoms with Crippen LogP contribution in [0, 0.1) is 20.8 Å². The maximum Gasteiger partial charge on any atom is 0.344 e. The van der Waals surface area contributed by atoms with Crippen molar-refractivity contribution in [2.75, 3.05) is 25.5 Å². The average Bonchev–Trinajstić information content (AvgIpc) is 3.04. The maximum atomic E-state index is 12.4. The Morgan fingerprint density at radius 1 is 1.13 bits per heavy atom. The van der Waals surface area contributed by atoms with Gasteiger partial charge in [0.2, 0.25) is 5.91 Å². The van der Waals surface area contributed by atoms with Crippen LogP contribution in [0.25, 0.3) is 5.65 Å². The third-order valence-electron chi connectivity index (χ3n) is 4.65. The highest BCUT2D eigenvalue weighted by Gasteiger charge is 2.22. The van der Waals surface area contributed by atoms with Crippen molar-refractivity contribution in [2.45, 2.75) is 20.8 Å². The van der Waals surface area contributed by atoms with Crippen molar-refractivity contribution in [2.24, 2.45) is 0 Å². The van der Waals surface area contributed by atoms with Gasteiger partial charge in [-0.25, -0.2) is 14.3 Å². The lowest BCUT2D eigenvalue weighted by Crippen LogP contribution is -2.37. The first kappa shape index (κ1) is 21.0. The number of fused-ring (bicyclic) bond motifs is 1. The number of rotatable bonds is 6. The number of aromatic nitrogens is 3. The van der Waals surface area contributed by atoms with Crippen molar-refractivity contribution in [1.29, 1.82) is 0 Å². The molecular formula is C21H23N5O4. The normalized spacial score (nSPS) is 10.7. The number of hydrogen-bond acceptors (Lipinski definition) is 6. The molecule has 9 heteroatoms. The molecule has 2 aromatic heterocycles. The number of nitrogens with one attached hydrogen (secondary N) is 1. The van der Waals surface area contributed by atoms with Gasteiger partial charge in [-0.05, 0) is 38.0 Å². The second-order valence-corrected chi connectivity index (χ2v) is 6.99. The molecule has 1 N–H and O–H groups in total. The Morgan fingerprint density at radius 3 is 2.53 bits per heavy atom. The van der Waals surface area contributed by atoms with Crippen LogP contribution in [-0.4, -0.2) is 57.5 Å². The molecule has 0 radical (unpaired) electrons. The molecule has 0 unspecified atom stereocenters. The van der Waals surface area contributed by atoms with Gasteiger partial charge in [-0.1, -0.05) is 18.2 Å². The SMILES string of the molecule is Cc1cccc(C)c1NC(=O)CN(C)C(=O)COC(=O)c1c(C)nn2cccnc12. The van der Waals surface area contributed by atoms with E-state index in [1.54, 1.807) is 25.4 Å². The Kier molecular flexibility index (Phi) is 6.10. The van der Waals surface area contributed by atoms with Gasteiger partial charge in [0.1, 0.15) is 5.56 Å². The summed E-state index contributed by atoms with van der Waals surface area (Å²) in [4.78, 5) is 42.4. The summed E-state index contributed by atoms with van der Waals surface area (Å²) in [5.41, 5.74) is 3.61. The summed E-state index contributed by atoms with van der Waals surface area (Å²) in [6.07, 6.45) is 3.21. The van der Waals surface area contributed by atoms with Crippen LogP contribution in [-0.2, 0) is 14.3 Å². The molecule has 2 heterocycles. The summed E-state index contributed by atoms with van der Waals surface area (Å²) in [5, 5.41) is 7.01. The van der Waals surface area contributed by atoms with E-state index >= 15 is 0 Å². The van der Waals surface area contributed by atoms with E-state index in [9.17, 15) is 14.4 Å². The van der Waals surface area contributed by atoms with Gasteiger partial charge >= 0.3 is 5.97 Å². The predicted octanol–water partition coefficient (Wildman–Crippen LogP) is 1.91. The zero-order valence-electron chi connectivity index (χ0n) is 17.3. The largest absolute Gasteiger partial charge is 0.452 e. The Morgan fingerprint density at radius 2 is 1.83 bits per heavy atom. The molecule has 9 nitrogen and oxygen atoms in total. The fourth-order valence-electron chi connectivity index (χ4n) is 3.04. The highest BCUT2D eigenvalue weighted by molar-refractivity contribution is 5.99. The minimum atomic E-state index is -0.692. The topological polar surface area (TPSA) is 106 Å². The number of hydrogen-bond donors (Lipinski definition) is 1. The molecule has 3 rings (SSSR count). The molecule has 3 aromatic rings. The molecule has 156 valence electrons. The van der Waals surface area contributed by atoms with Gasteiger partial charge in [0, 0.05) is 25.1 Å². The number of nitrogens with zero attached hydrogens (tertiary/aromatic N) is 4. The highest BCUT2D eigenvalue weighted by Crippen LogP contribution is 2.19. The predicted molar refractivity (Wildman–Crippen MR) is 110 cm³/mol. The van der Waals surface area contributed by atoms with Crippen LogP contribution in [0.1, 0.15) is 27.2 Å². The van der Waals surface area contributed by atoms with Gasteiger partial charge in [-0.15, -0.1) is 0 Å². The molecular weight excluding hydrogens is 386 g/mol. The van der Waals surface area contributed by atoms with Crippen molar-refractivity contribution in [3.8, 4) is 0 Å². The Labute approximate surface area is 173 Å². The van der Waals surface area contributed by atoms with Crippen LogP contribution in [0.2, 0.25) is 0 Å². The number of amides is 2. The minimum Gasteiger partial charge on any atom is -0.452 e. The first-order chi connectivity index (χ1) is 14.3. The molecule has 0 fully saturated rings. The first-order valence-corrected chi connectivity index (χ1v) is 9.35. The van der Waals surface area contributed by atoms with E-state index in [1.165, 1.54) is 16.5 Å². The lowest BCUT2D eigenvalue weighted by molar-refractivity contribution is -0.136. The van der Waals surface area contributed by atoms with Gasteiger partial charge in [-0.3, -0.25) is 9.59 Å². The number of benzene rings is 1. The summed E-state index contributed by atoms with van der Waals surface area (Å²) >= 11 is 0. The fourth-order valence-corrected chi connectivity index (χ4v) is 3.04. The van der Waals surface area contributed by atoms with Crippen LogP contribution >= 0.6 is 0 Å². The van der Waals surface area contributed by atoms with Gasteiger partial charge < -0.3 is 15.0 Å². The fraction of sp³-hybridized carbons (Fsp3) is 0.286. The number of para-hydroxylation sites is 1. The Balaban J connectivity index is 1.57. The smallest absolute Gasteiger partial charge is 0.344 e. The summed E-state index contributed by atoms with van der Waals surface area (Å²) < 4.78 is 6.61. The Hall–Kier alpha value is -3.75. The molecule has 0 aliphatic carbocycles. The van der Waals surface area contributed by atoms with Gasteiger partial charge in [0.25, 0.3) is 5.91 Å². The molecule has 2 amide bonds. The number of likely N-dealkylation sites (N-methyl/N-ethyl adjacent to an activating group) is 1. The van der Waals surface area contributed by atoms with Gasteiger partial charge in [-0.2, -0.15) is 5.10 Å². The Bertz CT molecular complexity index is 1100. The standard InChI is InChI=1S/C21H23N5O4/c1-13-7-5-8-14(2)19(13)23-16(27)11-25(4)17(28)12-30-21(29)18-15(3)24-26-10-6-9-22-20(18)26/h5-10H,11-12H2,1-4H3,(H,23,27). The van der Waals surface area contributed by atoms with E-state index < -0.39 is 18.5 Å². The number of carbonyl (C=O) groups is 3. The quantitative estimate of drug-likeness (QED) is 0.624. The third kappa shape index (κ3) is 4.45. The van der Waals surface area contributed by atoms with Crippen molar-refractivity contribution in [1.82, 2.24) is 19.5 Å². The number of ether oxygens (including phenoxy) is 1. The van der Waals surface area contributed by atoms with E-state index in [-0.39, 0.29) is 18.0 Å². The van der Waals surface area contributed by atoms with Crippen LogP contribution in [0.15, 0.2) is 36.7 Å². The second-order valence-electron chi connectivity index (χ2n) is 6.99. The van der Waals surface area contributed by atoms with Gasteiger partial charge in [0.05, 0.1) is 12.2 Å². The van der Waals surface area contributed by atoms with Crippen molar-refractivity contribution >= 4 is 29.1 Å². The maximum absolute atomic E-state index is 12.4. The summed E-state index contributed by atoms with van der Waals surface area (Å²) in [5.74, 6) is -1.53. The van der Waals surface area contributed by atoms with E-state index in [0.29, 0.717) is 11.3 Å². The number of carbonyl (C=O) groups excluding carboxylic acids is 3. The summed E-state index contributed by atoms with van der Waals surface area (Å²) in [6, 6.07) is 7.39. The molecule has 0 spiro atoms. The summed E-state index contributed by atoms with van der Waals surface area (Å²) in [6.45, 7) is 4.80. The first-order valence-electron chi connectivity index (χ1n) is 9.35. The minimum absolute atomic E-state index is 0.165. The zero-order valence-corrected chi connectivity index (χ0v) is 17.3. The lowest BCUT2D eigenvalue weighted by atomic mass is 10.1. The molecule has 1 aromatic carbocycles. The third-order valence-corrected chi connectivity index (χ3v) is 4.65. The monoisotopic (exact) mass is 409 g/mol. The highest BCUT2D eigenvalue weighted by atomic mass is 16.5.